The van der Waals surface area contributed by atoms with Crippen molar-refractivity contribution >= 4 is 22.9 Å². The lowest BCUT2D eigenvalue weighted by atomic mass is 10.00. The summed E-state index contributed by atoms with van der Waals surface area (Å²) in [6.07, 6.45) is 12.7. The molecule has 31 heavy (non-hydrogen) atoms. The Morgan fingerprint density at radius 2 is 2.03 bits per heavy atom. The fraction of sp³-hybridized carbons (Fsp3) is 0.364. The smallest absolute Gasteiger partial charge is 0.261 e. The highest BCUT2D eigenvalue weighted by Gasteiger charge is 2.39. The summed E-state index contributed by atoms with van der Waals surface area (Å²) < 4.78 is 3.54. The molecule has 0 radical (unpaired) electrons. The minimum absolute atomic E-state index is 0.0251. The number of carbonyl (C=O) groups excluding carboxylic acids is 1. The highest BCUT2D eigenvalue weighted by molar-refractivity contribution is 7.12. The molecule has 8 nitrogen and oxygen atoms in total. The van der Waals surface area contributed by atoms with Crippen LogP contribution in [-0.2, 0) is 7.05 Å². The summed E-state index contributed by atoms with van der Waals surface area (Å²) in [7, 11) is 1.89. The standard InChI is InChI=1S/C22H23N7OS/c1-28-10-15(8-25-28)14-7-24-21-17(9-26-29(21)11-14)13-6-20(31-12-13)22(30)27-19-3-2-18-16(19)4-5-23-18/h6-12,16,18-19,23H,2-5H2,1H3,(H,27,30)/t16-,18-,19?/m1/s1. The Bertz CT molecular complexity index is 1270. The third-order valence-electron chi connectivity index (χ3n) is 6.55. The van der Waals surface area contributed by atoms with Crippen LogP contribution in [0.2, 0.25) is 0 Å². The molecule has 0 spiro atoms. The molecule has 2 N–H and O–H groups in total. The van der Waals surface area contributed by atoms with E-state index < -0.39 is 0 Å². The number of aryl methyl sites for hydroxylation is 1. The van der Waals surface area contributed by atoms with Crippen LogP contribution in [0.4, 0.5) is 0 Å². The van der Waals surface area contributed by atoms with E-state index in [1.807, 2.05) is 49.5 Å². The molecule has 1 saturated carbocycles. The minimum Gasteiger partial charge on any atom is -0.348 e. The van der Waals surface area contributed by atoms with Crippen molar-refractivity contribution in [2.45, 2.75) is 31.3 Å². The molecule has 1 unspecified atom stereocenters. The van der Waals surface area contributed by atoms with Gasteiger partial charge in [-0.1, -0.05) is 0 Å². The molecule has 4 aromatic heterocycles. The van der Waals surface area contributed by atoms with Crippen molar-refractivity contribution in [2.24, 2.45) is 13.0 Å². The number of hydrogen-bond acceptors (Lipinski definition) is 6. The number of carbonyl (C=O) groups is 1. The highest BCUT2D eigenvalue weighted by Crippen LogP contribution is 2.34. The molecular formula is C22H23N7OS. The highest BCUT2D eigenvalue weighted by atomic mass is 32.1. The first-order chi connectivity index (χ1) is 15.2. The normalized spacial score (nSPS) is 22.8. The van der Waals surface area contributed by atoms with Crippen molar-refractivity contribution < 1.29 is 4.79 Å². The SMILES string of the molecule is Cn1cc(-c2cnc3c(-c4csc(C(=O)NC5CC[C@H]6NCC[C@@H]56)c4)cnn3c2)cn1. The molecule has 4 aromatic rings. The molecule has 6 rings (SSSR count). The molecule has 1 aliphatic heterocycles. The molecule has 1 amide bonds. The topological polar surface area (TPSA) is 89.1 Å². The van der Waals surface area contributed by atoms with Crippen molar-refractivity contribution in [3.63, 3.8) is 0 Å². The van der Waals surface area contributed by atoms with Crippen LogP contribution >= 0.6 is 11.3 Å². The molecule has 5 heterocycles. The number of fused-ring (bicyclic) bond motifs is 2. The molecule has 3 atom stereocenters. The second-order valence-electron chi connectivity index (χ2n) is 8.44. The van der Waals surface area contributed by atoms with Gasteiger partial charge in [0, 0.05) is 54.4 Å². The van der Waals surface area contributed by atoms with Gasteiger partial charge in [-0.15, -0.1) is 11.3 Å². The van der Waals surface area contributed by atoms with Crippen molar-refractivity contribution in [1.29, 1.82) is 0 Å². The average molecular weight is 434 g/mol. The predicted octanol–water partition coefficient (Wildman–Crippen LogP) is 2.73. The van der Waals surface area contributed by atoms with E-state index in [1.165, 1.54) is 11.3 Å². The maximum atomic E-state index is 12.9. The molecule has 0 aromatic carbocycles. The van der Waals surface area contributed by atoms with Gasteiger partial charge < -0.3 is 10.6 Å². The van der Waals surface area contributed by atoms with Gasteiger partial charge in [0.15, 0.2) is 5.65 Å². The van der Waals surface area contributed by atoms with Gasteiger partial charge in [-0.3, -0.25) is 9.48 Å². The van der Waals surface area contributed by atoms with Gasteiger partial charge in [0.1, 0.15) is 0 Å². The first kappa shape index (κ1) is 18.7. The van der Waals surface area contributed by atoms with Crippen LogP contribution in [0.15, 0.2) is 42.4 Å². The van der Waals surface area contributed by atoms with Crippen molar-refractivity contribution in [3.8, 4) is 22.3 Å². The van der Waals surface area contributed by atoms with Gasteiger partial charge in [-0.05, 0) is 48.7 Å². The van der Waals surface area contributed by atoms with Gasteiger partial charge >= 0.3 is 0 Å². The zero-order valence-corrected chi connectivity index (χ0v) is 18.0. The quantitative estimate of drug-likeness (QED) is 0.517. The Kier molecular flexibility index (Phi) is 4.39. The Labute approximate surface area is 183 Å². The summed E-state index contributed by atoms with van der Waals surface area (Å²) in [5.74, 6) is 0.596. The Hall–Kier alpha value is -3.04. The van der Waals surface area contributed by atoms with Gasteiger partial charge in [0.05, 0.1) is 17.3 Å². The Morgan fingerprint density at radius 3 is 2.90 bits per heavy atom. The number of rotatable bonds is 4. The number of amides is 1. The number of nitrogens with one attached hydrogen (secondary N) is 2. The van der Waals surface area contributed by atoms with Crippen LogP contribution in [0.1, 0.15) is 28.9 Å². The van der Waals surface area contributed by atoms with Gasteiger partial charge in [0.2, 0.25) is 0 Å². The summed E-state index contributed by atoms with van der Waals surface area (Å²) in [4.78, 5) is 18.2. The van der Waals surface area contributed by atoms with E-state index in [-0.39, 0.29) is 11.9 Å². The molecule has 0 bridgehead atoms. The maximum Gasteiger partial charge on any atom is 0.261 e. The predicted molar refractivity (Wildman–Crippen MR) is 119 cm³/mol. The summed E-state index contributed by atoms with van der Waals surface area (Å²) in [6.45, 7) is 1.06. The number of nitrogens with zero attached hydrogens (tertiary/aromatic N) is 5. The van der Waals surface area contributed by atoms with Crippen LogP contribution in [0.3, 0.4) is 0 Å². The second kappa shape index (κ2) is 7.28. The average Bonchev–Trinajstić information content (AvgIpc) is 3.56. The van der Waals surface area contributed by atoms with E-state index >= 15 is 0 Å². The Morgan fingerprint density at radius 1 is 1.13 bits per heavy atom. The molecular weight excluding hydrogens is 410 g/mol. The molecule has 1 saturated heterocycles. The fourth-order valence-electron chi connectivity index (χ4n) is 4.97. The summed E-state index contributed by atoms with van der Waals surface area (Å²) in [5.41, 5.74) is 4.62. The lowest BCUT2D eigenvalue weighted by Crippen LogP contribution is -2.38. The van der Waals surface area contributed by atoms with Gasteiger partial charge in [-0.25, -0.2) is 9.50 Å². The molecule has 1 aliphatic carbocycles. The van der Waals surface area contributed by atoms with E-state index in [0.717, 1.165) is 58.6 Å². The van der Waals surface area contributed by atoms with Crippen LogP contribution in [0, 0.1) is 5.92 Å². The summed E-state index contributed by atoms with van der Waals surface area (Å²) >= 11 is 1.47. The van der Waals surface area contributed by atoms with E-state index in [1.54, 1.807) is 9.20 Å². The summed E-state index contributed by atoms with van der Waals surface area (Å²) in [6, 6.07) is 2.81. The lowest BCUT2D eigenvalue weighted by molar-refractivity contribution is 0.0932. The number of thiophene rings is 1. The monoisotopic (exact) mass is 433 g/mol. The van der Waals surface area contributed by atoms with Gasteiger partial charge in [0.25, 0.3) is 5.91 Å². The van der Waals surface area contributed by atoms with Crippen molar-refractivity contribution in [3.05, 3.63) is 47.3 Å². The second-order valence-corrected chi connectivity index (χ2v) is 9.35. The van der Waals surface area contributed by atoms with Crippen LogP contribution in [0.25, 0.3) is 27.9 Å². The molecule has 2 fully saturated rings. The first-order valence-electron chi connectivity index (χ1n) is 10.6. The van der Waals surface area contributed by atoms with E-state index in [9.17, 15) is 4.79 Å². The van der Waals surface area contributed by atoms with Crippen LogP contribution < -0.4 is 10.6 Å². The largest absolute Gasteiger partial charge is 0.348 e. The number of hydrogen-bond donors (Lipinski definition) is 2. The summed E-state index contributed by atoms with van der Waals surface area (Å²) in [5, 5.41) is 17.5. The fourth-order valence-corrected chi connectivity index (χ4v) is 5.78. The molecule has 158 valence electrons. The molecule has 2 aliphatic rings. The maximum absolute atomic E-state index is 12.9. The third-order valence-corrected chi connectivity index (χ3v) is 7.48. The van der Waals surface area contributed by atoms with Crippen molar-refractivity contribution in [2.75, 3.05) is 6.54 Å². The van der Waals surface area contributed by atoms with E-state index in [0.29, 0.717) is 12.0 Å². The first-order valence-corrected chi connectivity index (χ1v) is 11.5. The minimum atomic E-state index is 0.0251. The van der Waals surface area contributed by atoms with Gasteiger partial charge in [-0.2, -0.15) is 10.2 Å². The Balaban J connectivity index is 1.23. The van der Waals surface area contributed by atoms with E-state index in [2.05, 4.69) is 25.8 Å². The van der Waals surface area contributed by atoms with Crippen molar-refractivity contribution in [1.82, 2.24) is 35.0 Å². The zero-order chi connectivity index (χ0) is 20.9. The van der Waals surface area contributed by atoms with E-state index in [4.69, 9.17) is 0 Å². The third kappa shape index (κ3) is 3.24. The van der Waals surface area contributed by atoms with Crippen LogP contribution in [0.5, 0.6) is 0 Å². The number of aromatic nitrogens is 5. The van der Waals surface area contributed by atoms with Crippen LogP contribution in [-0.4, -0.2) is 48.9 Å². The zero-order valence-electron chi connectivity index (χ0n) is 17.2. The molecule has 9 heteroatoms. The lowest BCUT2D eigenvalue weighted by Gasteiger charge is -2.18.